The van der Waals surface area contributed by atoms with E-state index < -0.39 is 0 Å². The Morgan fingerprint density at radius 3 is 2.83 bits per heavy atom. The van der Waals surface area contributed by atoms with E-state index in [1.807, 2.05) is 30.6 Å². The van der Waals surface area contributed by atoms with E-state index in [1.54, 1.807) is 18.4 Å². The molecule has 0 unspecified atom stereocenters. The molecule has 0 radical (unpaired) electrons. The maximum atomic E-state index is 5.74. The second-order valence-electron chi connectivity index (χ2n) is 3.76. The maximum Gasteiger partial charge on any atom is 0.133 e. The molecule has 0 spiro atoms. The van der Waals surface area contributed by atoms with Crippen molar-refractivity contribution in [3.05, 3.63) is 38.8 Å². The lowest BCUT2D eigenvalue weighted by Gasteiger charge is -2.09. The van der Waals surface area contributed by atoms with Crippen LogP contribution < -0.4 is 9.47 Å². The topological polar surface area (TPSA) is 31.4 Å². The Hall–Kier alpha value is -1.07. The largest absolute Gasteiger partial charge is 0.497 e. The van der Waals surface area contributed by atoms with Gasteiger partial charge in [-0.25, -0.2) is 4.98 Å². The van der Waals surface area contributed by atoms with Gasteiger partial charge in [-0.3, -0.25) is 0 Å². The molecule has 1 aromatic carbocycles. The normalized spacial score (nSPS) is 10.4. The number of ether oxygens (including phenoxy) is 2. The summed E-state index contributed by atoms with van der Waals surface area (Å²) in [5.74, 6) is 1.64. The summed E-state index contributed by atoms with van der Waals surface area (Å²) >= 11 is 5.14. The van der Waals surface area contributed by atoms with Gasteiger partial charge in [0.1, 0.15) is 11.5 Å². The molecule has 5 heteroatoms. The molecule has 2 rings (SSSR count). The van der Waals surface area contributed by atoms with Crippen LogP contribution in [0.4, 0.5) is 0 Å². The van der Waals surface area contributed by atoms with Gasteiger partial charge in [0.05, 0.1) is 29.4 Å². The highest BCUT2D eigenvalue weighted by atomic mass is 79.9. The van der Waals surface area contributed by atoms with Crippen LogP contribution in [-0.4, -0.2) is 18.7 Å². The molecule has 0 bridgehead atoms. The second kappa shape index (κ2) is 6.20. The zero-order valence-corrected chi connectivity index (χ0v) is 12.7. The molecule has 0 N–H and O–H groups in total. The Kier molecular flexibility index (Phi) is 4.60. The molecule has 0 atom stereocenters. The van der Waals surface area contributed by atoms with Crippen LogP contribution in [0.5, 0.6) is 11.5 Å². The molecule has 1 heterocycles. The number of rotatable bonds is 5. The monoisotopic (exact) mass is 327 g/mol. The fourth-order valence-corrected chi connectivity index (χ4v) is 2.78. The Morgan fingerprint density at radius 1 is 1.39 bits per heavy atom. The van der Waals surface area contributed by atoms with Gasteiger partial charge in [0.2, 0.25) is 0 Å². The van der Waals surface area contributed by atoms with Gasteiger partial charge in [-0.15, -0.1) is 11.3 Å². The minimum atomic E-state index is 0.647. The lowest BCUT2D eigenvalue weighted by atomic mass is 10.3. The number of halogens is 1. The summed E-state index contributed by atoms with van der Waals surface area (Å²) < 4.78 is 11.8. The van der Waals surface area contributed by atoms with E-state index in [4.69, 9.17) is 9.47 Å². The average Bonchev–Trinajstić information content (AvgIpc) is 2.77. The smallest absolute Gasteiger partial charge is 0.133 e. The van der Waals surface area contributed by atoms with Crippen molar-refractivity contribution in [1.29, 1.82) is 0 Å². The van der Waals surface area contributed by atoms with Crippen LogP contribution in [0, 0.1) is 6.92 Å². The summed E-state index contributed by atoms with van der Waals surface area (Å²) in [7, 11) is 1.65. The molecule has 0 saturated carbocycles. The number of hydrogen-bond donors (Lipinski definition) is 0. The first-order chi connectivity index (χ1) is 8.70. The van der Waals surface area contributed by atoms with E-state index in [0.717, 1.165) is 28.1 Å². The second-order valence-corrected chi connectivity index (χ2v) is 5.55. The van der Waals surface area contributed by atoms with Crippen LogP contribution in [0.15, 0.2) is 28.2 Å². The van der Waals surface area contributed by atoms with Crippen LogP contribution >= 0.6 is 27.3 Å². The molecular formula is C13H14BrNO2S. The molecule has 0 aliphatic heterocycles. The highest BCUT2D eigenvalue weighted by molar-refractivity contribution is 9.10. The van der Waals surface area contributed by atoms with Crippen molar-refractivity contribution in [2.45, 2.75) is 13.3 Å². The Bertz CT molecular complexity index is 527. The van der Waals surface area contributed by atoms with Gasteiger partial charge in [0.25, 0.3) is 0 Å². The van der Waals surface area contributed by atoms with E-state index in [2.05, 4.69) is 20.9 Å². The predicted octanol–water partition coefficient (Wildman–Crippen LogP) is 3.84. The number of methoxy groups -OCH3 is 1. The summed E-state index contributed by atoms with van der Waals surface area (Å²) in [6, 6.07) is 5.69. The molecular weight excluding hydrogens is 314 g/mol. The van der Waals surface area contributed by atoms with E-state index in [9.17, 15) is 0 Å². The van der Waals surface area contributed by atoms with Gasteiger partial charge in [-0.2, -0.15) is 0 Å². The van der Waals surface area contributed by atoms with E-state index in [1.165, 1.54) is 4.88 Å². The van der Waals surface area contributed by atoms with Crippen LogP contribution in [0.25, 0.3) is 0 Å². The van der Waals surface area contributed by atoms with Gasteiger partial charge in [-0.05, 0) is 41.1 Å². The summed E-state index contributed by atoms with van der Waals surface area (Å²) in [4.78, 5) is 5.50. The van der Waals surface area contributed by atoms with Gasteiger partial charge in [0.15, 0.2) is 0 Å². The maximum absolute atomic E-state index is 5.74. The van der Waals surface area contributed by atoms with E-state index in [-0.39, 0.29) is 0 Å². The summed E-state index contributed by atoms with van der Waals surface area (Å²) in [5, 5.41) is 0. The molecule has 0 aliphatic rings. The number of aryl methyl sites for hydroxylation is 1. The molecule has 0 saturated heterocycles. The van der Waals surface area contributed by atoms with Gasteiger partial charge in [-0.1, -0.05) is 0 Å². The van der Waals surface area contributed by atoms with Crippen molar-refractivity contribution >= 4 is 27.3 Å². The molecule has 2 aromatic rings. The fourth-order valence-electron chi connectivity index (χ4n) is 1.55. The number of thiazole rings is 1. The minimum absolute atomic E-state index is 0.647. The van der Waals surface area contributed by atoms with Crippen molar-refractivity contribution < 1.29 is 9.47 Å². The van der Waals surface area contributed by atoms with Crippen LogP contribution in [0.3, 0.4) is 0 Å². The molecule has 1 aromatic heterocycles. The number of aromatic nitrogens is 1. The van der Waals surface area contributed by atoms with E-state index >= 15 is 0 Å². The molecule has 0 amide bonds. The third-order valence-corrected chi connectivity index (χ3v) is 4.19. The van der Waals surface area contributed by atoms with Gasteiger partial charge >= 0.3 is 0 Å². The summed E-state index contributed by atoms with van der Waals surface area (Å²) in [6.45, 7) is 2.67. The number of hydrogen-bond acceptors (Lipinski definition) is 4. The Balaban J connectivity index is 1.92. The highest BCUT2D eigenvalue weighted by Gasteiger charge is 2.05. The Morgan fingerprint density at radius 2 is 2.22 bits per heavy atom. The van der Waals surface area contributed by atoms with Crippen LogP contribution in [-0.2, 0) is 6.42 Å². The minimum Gasteiger partial charge on any atom is -0.497 e. The van der Waals surface area contributed by atoms with E-state index in [0.29, 0.717) is 6.61 Å². The zero-order chi connectivity index (χ0) is 13.0. The average molecular weight is 328 g/mol. The number of nitrogens with zero attached hydrogens (tertiary/aromatic N) is 1. The van der Waals surface area contributed by atoms with Crippen LogP contribution in [0.1, 0.15) is 10.6 Å². The predicted molar refractivity (Wildman–Crippen MR) is 76.7 cm³/mol. The zero-order valence-electron chi connectivity index (χ0n) is 10.3. The molecule has 0 aliphatic carbocycles. The van der Waals surface area contributed by atoms with Crippen molar-refractivity contribution in [2.75, 3.05) is 13.7 Å². The van der Waals surface area contributed by atoms with Crippen LogP contribution in [0.2, 0.25) is 0 Å². The lowest BCUT2D eigenvalue weighted by molar-refractivity contribution is 0.319. The molecule has 0 fully saturated rings. The fraction of sp³-hybridized carbons (Fsp3) is 0.308. The lowest BCUT2D eigenvalue weighted by Crippen LogP contribution is -2.01. The third kappa shape index (κ3) is 3.23. The molecule has 3 nitrogen and oxygen atoms in total. The number of benzene rings is 1. The first-order valence-corrected chi connectivity index (χ1v) is 7.23. The van der Waals surface area contributed by atoms with Crippen molar-refractivity contribution in [3.8, 4) is 11.5 Å². The highest BCUT2D eigenvalue weighted by Crippen LogP contribution is 2.29. The summed E-state index contributed by atoms with van der Waals surface area (Å²) in [6.07, 6.45) is 0.884. The molecule has 96 valence electrons. The van der Waals surface area contributed by atoms with Gasteiger partial charge < -0.3 is 9.47 Å². The standard InChI is InChI=1S/C13H14BrNO2S/c1-9-13(18-8-15-9)5-6-17-12-4-3-10(16-2)7-11(12)14/h3-4,7-8H,5-6H2,1-2H3. The van der Waals surface area contributed by atoms with Crippen molar-refractivity contribution in [2.24, 2.45) is 0 Å². The first kappa shape index (κ1) is 13.4. The molecule has 18 heavy (non-hydrogen) atoms. The quantitative estimate of drug-likeness (QED) is 0.836. The summed E-state index contributed by atoms with van der Waals surface area (Å²) in [5.41, 5.74) is 2.96. The SMILES string of the molecule is COc1ccc(OCCc2scnc2C)c(Br)c1. The third-order valence-electron chi connectivity index (χ3n) is 2.57. The first-order valence-electron chi connectivity index (χ1n) is 5.56. The van der Waals surface area contributed by atoms with Crippen molar-refractivity contribution in [3.63, 3.8) is 0 Å². The Labute approximate surface area is 119 Å². The van der Waals surface area contributed by atoms with Gasteiger partial charge in [0, 0.05) is 11.3 Å². The van der Waals surface area contributed by atoms with Crippen molar-refractivity contribution in [1.82, 2.24) is 4.98 Å².